The van der Waals surface area contributed by atoms with E-state index in [4.69, 9.17) is 11.6 Å². The molecular weight excluding hydrogens is 338 g/mol. The Balaban J connectivity index is 2.18. The Hall–Kier alpha value is -2.12. The van der Waals surface area contributed by atoms with E-state index in [9.17, 15) is 13.2 Å². The summed E-state index contributed by atoms with van der Waals surface area (Å²) in [6, 6.07) is 8.11. The van der Waals surface area contributed by atoms with Crippen molar-refractivity contribution in [3.8, 4) is 0 Å². The Morgan fingerprint density at radius 1 is 1.35 bits per heavy atom. The average Bonchev–Trinajstić information content (AvgIpc) is 2.52. The molecule has 0 saturated carbocycles. The molecule has 0 atom stereocenters. The second kappa shape index (κ2) is 6.97. The van der Waals surface area contributed by atoms with Gasteiger partial charge in [-0.15, -0.1) is 0 Å². The van der Waals surface area contributed by atoms with Crippen molar-refractivity contribution in [2.45, 2.75) is 6.54 Å². The van der Waals surface area contributed by atoms with Crippen LogP contribution in [0.2, 0.25) is 5.02 Å². The summed E-state index contributed by atoms with van der Waals surface area (Å²) in [6.07, 6.45) is 4.38. The molecule has 2 rings (SSSR count). The van der Waals surface area contributed by atoms with Gasteiger partial charge in [-0.3, -0.25) is 14.1 Å². The quantitative estimate of drug-likeness (QED) is 0.892. The number of sulfonamides is 1. The number of benzene rings is 1. The van der Waals surface area contributed by atoms with Gasteiger partial charge in [0.05, 0.1) is 17.0 Å². The van der Waals surface area contributed by atoms with Crippen LogP contribution in [0.3, 0.4) is 0 Å². The summed E-state index contributed by atoms with van der Waals surface area (Å²) in [4.78, 5) is 16.2. The predicted molar refractivity (Wildman–Crippen MR) is 90.1 cm³/mol. The first-order valence-electron chi connectivity index (χ1n) is 6.69. The smallest absolute Gasteiger partial charge is 0.251 e. The van der Waals surface area contributed by atoms with Crippen LogP contribution >= 0.6 is 11.6 Å². The van der Waals surface area contributed by atoms with E-state index >= 15 is 0 Å². The maximum atomic E-state index is 12.2. The van der Waals surface area contributed by atoms with Gasteiger partial charge >= 0.3 is 0 Å². The fourth-order valence-electron chi connectivity index (χ4n) is 1.86. The highest BCUT2D eigenvalue weighted by Gasteiger charge is 2.17. The number of carbonyl (C=O) groups is 1. The van der Waals surface area contributed by atoms with Crippen molar-refractivity contribution in [2.75, 3.05) is 17.6 Å². The Labute approximate surface area is 140 Å². The zero-order chi connectivity index (χ0) is 17.0. The first-order valence-corrected chi connectivity index (χ1v) is 8.92. The van der Waals surface area contributed by atoms with Crippen LogP contribution in [-0.2, 0) is 16.6 Å². The maximum absolute atomic E-state index is 12.2. The molecule has 0 saturated heterocycles. The highest BCUT2D eigenvalue weighted by molar-refractivity contribution is 7.92. The van der Waals surface area contributed by atoms with Gasteiger partial charge in [0, 0.05) is 31.5 Å². The van der Waals surface area contributed by atoms with Gasteiger partial charge < -0.3 is 5.32 Å². The monoisotopic (exact) mass is 353 g/mol. The van der Waals surface area contributed by atoms with E-state index in [0.29, 0.717) is 12.1 Å². The Bertz CT molecular complexity index is 810. The van der Waals surface area contributed by atoms with Crippen LogP contribution < -0.4 is 9.62 Å². The summed E-state index contributed by atoms with van der Waals surface area (Å²) in [6.45, 7) is 0.326. The molecule has 1 N–H and O–H groups in total. The molecule has 1 amide bonds. The summed E-state index contributed by atoms with van der Waals surface area (Å²) >= 11 is 6.03. The molecule has 0 bridgehead atoms. The summed E-state index contributed by atoms with van der Waals surface area (Å²) in [5.41, 5.74) is 1.44. The van der Waals surface area contributed by atoms with E-state index in [2.05, 4.69) is 10.3 Å². The molecule has 1 aromatic carbocycles. The Morgan fingerprint density at radius 3 is 2.70 bits per heavy atom. The second-order valence-electron chi connectivity index (χ2n) is 4.94. The minimum Gasteiger partial charge on any atom is -0.348 e. The summed E-state index contributed by atoms with van der Waals surface area (Å²) in [7, 11) is -2.08. The van der Waals surface area contributed by atoms with Crippen LogP contribution in [0.5, 0.6) is 0 Å². The number of anilines is 1. The molecule has 0 radical (unpaired) electrons. The summed E-state index contributed by atoms with van der Waals surface area (Å²) < 4.78 is 24.3. The molecule has 0 unspecified atom stereocenters. The lowest BCUT2D eigenvalue weighted by molar-refractivity contribution is 0.0951. The standard InChI is InChI=1S/C15H16ClN3O3S/c1-19(23(2,21)22)14-8-12(5-6-13(14)16)15(20)18-10-11-4-3-7-17-9-11/h3-9H,10H2,1-2H3,(H,18,20). The van der Waals surface area contributed by atoms with Gasteiger partial charge in [-0.05, 0) is 29.8 Å². The number of pyridine rings is 1. The van der Waals surface area contributed by atoms with Gasteiger partial charge in [-0.2, -0.15) is 0 Å². The van der Waals surface area contributed by atoms with Crippen molar-refractivity contribution in [1.29, 1.82) is 0 Å². The Morgan fingerprint density at radius 2 is 2.09 bits per heavy atom. The third-order valence-electron chi connectivity index (χ3n) is 3.22. The average molecular weight is 354 g/mol. The third-order valence-corrected chi connectivity index (χ3v) is 4.73. The van der Waals surface area contributed by atoms with Crippen molar-refractivity contribution in [2.24, 2.45) is 0 Å². The lowest BCUT2D eigenvalue weighted by Gasteiger charge is -2.18. The number of rotatable bonds is 5. The van der Waals surface area contributed by atoms with Crippen LogP contribution in [0, 0.1) is 0 Å². The summed E-state index contributed by atoms with van der Waals surface area (Å²) in [5, 5.41) is 3.00. The van der Waals surface area contributed by atoms with E-state index in [-0.39, 0.29) is 16.6 Å². The maximum Gasteiger partial charge on any atom is 0.251 e. The normalized spacial score (nSPS) is 11.1. The second-order valence-corrected chi connectivity index (χ2v) is 7.36. The lowest BCUT2D eigenvalue weighted by Crippen LogP contribution is -2.26. The number of halogens is 1. The molecule has 1 aromatic heterocycles. The van der Waals surface area contributed by atoms with E-state index in [1.54, 1.807) is 24.5 Å². The molecule has 0 aliphatic heterocycles. The topological polar surface area (TPSA) is 79.4 Å². The molecule has 122 valence electrons. The van der Waals surface area contributed by atoms with Gasteiger partial charge in [-0.1, -0.05) is 17.7 Å². The van der Waals surface area contributed by atoms with E-state index in [0.717, 1.165) is 16.1 Å². The molecule has 0 fully saturated rings. The van der Waals surface area contributed by atoms with Crippen LogP contribution in [0.4, 0.5) is 5.69 Å². The highest BCUT2D eigenvalue weighted by Crippen LogP contribution is 2.27. The molecule has 8 heteroatoms. The zero-order valence-corrected chi connectivity index (χ0v) is 14.2. The van der Waals surface area contributed by atoms with Crippen molar-refractivity contribution in [3.63, 3.8) is 0 Å². The van der Waals surface area contributed by atoms with Gasteiger partial charge in [0.1, 0.15) is 0 Å². The van der Waals surface area contributed by atoms with Crippen molar-refractivity contribution >= 4 is 33.2 Å². The molecule has 0 aliphatic rings. The fourth-order valence-corrected chi connectivity index (χ4v) is 2.66. The molecular formula is C15H16ClN3O3S. The minimum atomic E-state index is -3.47. The molecule has 0 spiro atoms. The fraction of sp³-hybridized carbons (Fsp3) is 0.200. The molecule has 0 aliphatic carbocycles. The van der Waals surface area contributed by atoms with E-state index < -0.39 is 10.0 Å². The van der Waals surface area contributed by atoms with Gasteiger partial charge in [0.25, 0.3) is 5.91 Å². The largest absolute Gasteiger partial charge is 0.348 e. The first kappa shape index (κ1) is 17.2. The number of hydrogen-bond donors (Lipinski definition) is 1. The number of nitrogens with zero attached hydrogens (tertiary/aromatic N) is 2. The molecule has 2 aromatic rings. The number of amides is 1. The van der Waals surface area contributed by atoms with Gasteiger partial charge in [0.2, 0.25) is 10.0 Å². The molecule has 6 nitrogen and oxygen atoms in total. The molecule has 1 heterocycles. The van der Waals surface area contributed by atoms with Gasteiger partial charge in [0.15, 0.2) is 0 Å². The van der Waals surface area contributed by atoms with Crippen LogP contribution in [0.1, 0.15) is 15.9 Å². The predicted octanol–water partition coefficient (Wildman–Crippen LogP) is 2.06. The number of carbonyl (C=O) groups excluding carboxylic acids is 1. The van der Waals surface area contributed by atoms with Crippen molar-refractivity contribution in [1.82, 2.24) is 10.3 Å². The van der Waals surface area contributed by atoms with E-state index in [1.165, 1.54) is 19.2 Å². The Kier molecular flexibility index (Phi) is 5.23. The number of nitrogens with one attached hydrogen (secondary N) is 1. The summed E-state index contributed by atoms with van der Waals surface area (Å²) in [5.74, 6) is -0.325. The van der Waals surface area contributed by atoms with Crippen LogP contribution in [0.25, 0.3) is 0 Å². The number of aromatic nitrogens is 1. The zero-order valence-electron chi connectivity index (χ0n) is 12.7. The highest BCUT2D eigenvalue weighted by atomic mass is 35.5. The minimum absolute atomic E-state index is 0.252. The molecule has 23 heavy (non-hydrogen) atoms. The van der Waals surface area contributed by atoms with Crippen molar-refractivity contribution in [3.05, 3.63) is 58.9 Å². The SMILES string of the molecule is CN(c1cc(C(=O)NCc2cccnc2)ccc1Cl)S(C)(=O)=O. The first-order chi connectivity index (χ1) is 10.8. The van der Waals surface area contributed by atoms with Gasteiger partial charge in [-0.25, -0.2) is 8.42 Å². The van der Waals surface area contributed by atoms with Crippen LogP contribution in [0.15, 0.2) is 42.7 Å². The third kappa shape index (κ3) is 4.43. The van der Waals surface area contributed by atoms with Crippen molar-refractivity contribution < 1.29 is 13.2 Å². The van der Waals surface area contributed by atoms with E-state index in [1.807, 2.05) is 6.07 Å². The van der Waals surface area contributed by atoms with Crippen LogP contribution in [-0.4, -0.2) is 32.6 Å². The number of hydrogen-bond acceptors (Lipinski definition) is 4. The lowest BCUT2D eigenvalue weighted by atomic mass is 10.2.